The van der Waals surface area contributed by atoms with Gasteiger partial charge in [0, 0.05) is 0 Å². The summed E-state index contributed by atoms with van der Waals surface area (Å²) >= 11 is 0. The standard InChI is InChI=1S/C24H34/c1-16-10-12-19(13-11-16)17(2)20-14-21(23(4,5)6)18(3)22(15-20)24(7,8)9/h10,12-16H,2,11H2,1,3-9H3. The quantitative estimate of drug-likeness (QED) is 0.543. The van der Waals surface area contributed by atoms with Crippen molar-refractivity contribution >= 4 is 5.57 Å². The van der Waals surface area contributed by atoms with Crippen molar-refractivity contribution in [2.75, 3.05) is 0 Å². The second-order valence-corrected chi connectivity index (χ2v) is 9.41. The fourth-order valence-corrected chi connectivity index (χ4v) is 3.56. The molecule has 0 aromatic heterocycles. The molecule has 0 heteroatoms. The first-order valence-electron chi connectivity index (χ1n) is 9.15. The summed E-state index contributed by atoms with van der Waals surface area (Å²) in [6, 6.07) is 4.72. The Morgan fingerprint density at radius 3 is 1.88 bits per heavy atom. The van der Waals surface area contributed by atoms with Gasteiger partial charge in [0.05, 0.1) is 0 Å². The minimum absolute atomic E-state index is 0.131. The zero-order valence-corrected chi connectivity index (χ0v) is 16.9. The monoisotopic (exact) mass is 322 g/mol. The second kappa shape index (κ2) is 6.39. The van der Waals surface area contributed by atoms with E-state index in [1.54, 1.807) is 0 Å². The predicted octanol–water partition coefficient (Wildman–Crippen LogP) is 7.13. The third-order valence-corrected chi connectivity index (χ3v) is 5.03. The first-order chi connectivity index (χ1) is 10.9. The van der Waals surface area contributed by atoms with Gasteiger partial charge in [-0.1, -0.05) is 85.4 Å². The Labute approximate surface area is 149 Å². The van der Waals surface area contributed by atoms with Crippen LogP contribution >= 0.6 is 0 Å². The van der Waals surface area contributed by atoms with Crippen LogP contribution < -0.4 is 0 Å². The molecule has 0 N–H and O–H groups in total. The average Bonchev–Trinajstić information content (AvgIpc) is 2.45. The van der Waals surface area contributed by atoms with E-state index in [-0.39, 0.29) is 10.8 Å². The van der Waals surface area contributed by atoms with Crippen molar-refractivity contribution in [3.8, 4) is 0 Å². The molecular formula is C24H34. The lowest BCUT2D eigenvalue weighted by Crippen LogP contribution is -2.20. The third kappa shape index (κ3) is 3.91. The minimum atomic E-state index is 0.131. The van der Waals surface area contributed by atoms with Crippen molar-refractivity contribution in [1.29, 1.82) is 0 Å². The molecule has 0 fully saturated rings. The van der Waals surface area contributed by atoms with Gasteiger partial charge in [-0.15, -0.1) is 0 Å². The second-order valence-electron chi connectivity index (χ2n) is 9.41. The summed E-state index contributed by atoms with van der Waals surface area (Å²) in [4.78, 5) is 0. The van der Waals surface area contributed by atoms with Gasteiger partial charge in [-0.05, 0) is 63.5 Å². The van der Waals surface area contributed by atoms with Gasteiger partial charge >= 0.3 is 0 Å². The Morgan fingerprint density at radius 1 is 1.00 bits per heavy atom. The van der Waals surface area contributed by atoms with E-state index in [0.717, 1.165) is 12.0 Å². The number of rotatable bonds is 2. The molecule has 0 spiro atoms. The van der Waals surface area contributed by atoms with Gasteiger partial charge in [0.1, 0.15) is 0 Å². The maximum atomic E-state index is 4.43. The van der Waals surface area contributed by atoms with Crippen molar-refractivity contribution in [3.63, 3.8) is 0 Å². The normalized spacial score (nSPS) is 18.5. The highest BCUT2D eigenvalue weighted by molar-refractivity contribution is 5.81. The number of hydrogen-bond acceptors (Lipinski definition) is 0. The Bertz CT molecular complexity index is 662. The maximum Gasteiger partial charge on any atom is -0.0129 e. The highest BCUT2D eigenvalue weighted by Gasteiger charge is 2.25. The molecule has 24 heavy (non-hydrogen) atoms. The van der Waals surface area contributed by atoms with Crippen molar-refractivity contribution in [3.05, 3.63) is 64.8 Å². The van der Waals surface area contributed by atoms with Crippen LogP contribution in [-0.2, 0) is 10.8 Å². The summed E-state index contributed by atoms with van der Waals surface area (Å²) in [7, 11) is 0. The SMILES string of the molecule is C=C(C1=CCC(C)C=C1)c1cc(C(C)(C)C)c(C)c(C(C)(C)C)c1. The summed E-state index contributed by atoms with van der Waals surface area (Å²) in [5, 5.41) is 0. The van der Waals surface area contributed by atoms with E-state index >= 15 is 0 Å². The molecule has 2 rings (SSSR count). The van der Waals surface area contributed by atoms with E-state index in [1.807, 2.05) is 0 Å². The Balaban J connectivity index is 2.59. The topological polar surface area (TPSA) is 0 Å². The fraction of sp³-hybridized carbons (Fsp3) is 0.500. The molecule has 0 heterocycles. The van der Waals surface area contributed by atoms with Crippen molar-refractivity contribution < 1.29 is 0 Å². The maximum absolute atomic E-state index is 4.43. The van der Waals surface area contributed by atoms with Gasteiger partial charge in [-0.25, -0.2) is 0 Å². The molecule has 130 valence electrons. The first kappa shape index (κ1) is 18.8. The van der Waals surface area contributed by atoms with Gasteiger partial charge in [0.15, 0.2) is 0 Å². The van der Waals surface area contributed by atoms with Crippen LogP contribution in [0.3, 0.4) is 0 Å². The molecule has 0 amide bonds. The van der Waals surface area contributed by atoms with Gasteiger partial charge < -0.3 is 0 Å². The molecule has 0 aliphatic heterocycles. The van der Waals surface area contributed by atoms with Crippen LogP contribution in [0.2, 0.25) is 0 Å². The summed E-state index contributed by atoms with van der Waals surface area (Å²) in [5.41, 5.74) is 8.23. The van der Waals surface area contributed by atoms with Crippen LogP contribution in [0, 0.1) is 12.8 Å². The highest BCUT2D eigenvalue weighted by atomic mass is 14.3. The van der Waals surface area contributed by atoms with E-state index < -0.39 is 0 Å². The van der Waals surface area contributed by atoms with Crippen LogP contribution in [0.5, 0.6) is 0 Å². The van der Waals surface area contributed by atoms with Crippen LogP contribution in [0.1, 0.15) is 77.1 Å². The Morgan fingerprint density at radius 2 is 1.50 bits per heavy atom. The minimum Gasteiger partial charge on any atom is -0.0906 e. The van der Waals surface area contributed by atoms with Gasteiger partial charge in [-0.2, -0.15) is 0 Å². The highest BCUT2D eigenvalue weighted by Crippen LogP contribution is 2.38. The molecule has 0 radical (unpaired) electrons. The zero-order chi connectivity index (χ0) is 18.3. The van der Waals surface area contributed by atoms with Crippen molar-refractivity contribution in [2.45, 2.75) is 72.6 Å². The fourth-order valence-electron chi connectivity index (χ4n) is 3.56. The van der Waals surface area contributed by atoms with E-state index in [9.17, 15) is 0 Å². The molecular weight excluding hydrogens is 288 g/mol. The lowest BCUT2D eigenvalue weighted by Gasteiger charge is -2.30. The smallest absolute Gasteiger partial charge is 0.0129 e. The summed E-state index contributed by atoms with van der Waals surface area (Å²) in [6.45, 7) is 22.8. The first-order valence-corrected chi connectivity index (χ1v) is 9.15. The van der Waals surface area contributed by atoms with Crippen LogP contribution in [0.4, 0.5) is 0 Å². The number of hydrogen-bond donors (Lipinski definition) is 0. The Hall–Kier alpha value is -1.56. The van der Waals surface area contributed by atoms with E-state index in [4.69, 9.17) is 0 Å². The van der Waals surface area contributed by atoms with Crippen molar-refractivity contribution in [1.82, 2.24) is 0 Å². The number of allylic oxidation sites excluding steroid dienone is 5. The van der Waals surface area contributed by atoms with Crippen LogP contribution in [-0.4, -0.2) is 0 Å². The third-order valence-electron chi connectivity index (χ3n) is 5.03. The largest absolute Gasteiger partial charge is 0.0906 e. The molecule has 0 saturated carbocycles. The molecule has 1 aromatic carbocycles. The average molecular weight is 323 g/mol. The Kier molecular flexibility index (Phi) is 5.00. The molecule has 1 aromatic rings. The van der Waals surface area contributed by atoms with E-state index in [2.05, 4.69) is 92.3 Å². The zero-order valence-electron chi connectivity index (χ0n) is 16.9. The molecule has 1 aliphatic rings. The summed E-state index contributed by atoms with van der Waals surface area (Å²) in [6.07, 6.45) is 7.98. The number of benzene rings is 1. The predicted molar refractivity (Wildman–Crippen MR) is 109 cm³/mol. The lowest BCUT2D eigenvalue weighted by molar-refractivity contribution is 0.561. The van der Waals surface area contributed by atoms with Gasteiger partial charge in [0.2, 0.25) is 0 Å². The van der Waals surface area contributed by atoms with E-state index in [0.29, 0.717) is 5.92 Å². The summed E-state index contributed by atoms with van der Waals surface area (Å²) in [5.74, 6) is 0.634. The molecule has 1 unspecified atom stereocenters. The molecule has 0 nitrogen and oxygen atoms in total. The van der Waals surface area contributed by atoms with Crippen LogP contribution in [0.15, 0.2) is 42.5 Å². The molecule has 1 atom stereocenters. The van der Waals surface area contributed by atoms with Crippen molar-refractivity contribution in [2.24, 2.45) is 5.92 Å². The van der Waals surface area contributed by atoms with Gasteiger partial charge in [0.25, 0.3) is 0 Å². The van der Waals surface area contributed by atoms with Crippen LogP contribution in [0.25, 0.3) is 5.57 Å². The molecule has 0 saturated heterocycles. The van der Waals surface area contributed by atoms with Gasteiger partial charge in [-0.3, -0.25) is 0 Å². The van der Waals surface area contributed by atoms with E-state index in [1.165, 1.54) is 27.8 Å². The summed E-state index contributed by atoms with van der Waals surface area (Å²) < 4.78 is 0. The lowest BCUT2D eigenvalue weighted by atomic mass is 9.74. The molecule has 1 aliphatic carbocycles. The molecule has 0 bridgehead atoms.